The van der Waals surface area contributed by atoms with Crippen LogP contribution in [0.15, 0.2) is 18.2 Å². The van der Waals surface area contributed by atoms with Crippen LogP contribution in [0.5, 0.6) is 11.5 Å². The van der Waals surface area contributed by atoms with Gasteiger partial charge in [-0.05, 0) is 32.9 Å². The summed E-state index contributed by atoms with van der Waals surface area (Å²) in [5.74, 6) is 1.20. The summed E-state index contributed by atoms with van der Waals surface area (Å²) in [5, 5.41) is 0. The Labute approximate surface area is 114 Å². The van der Waals surface area contributed by atoms with Gasteiger partial charge in [0.05, 0.1) is 24.9 Å². The molecule has 106 valence electrons. The molecule has 1 aromatic rings. The van der Waals surface area contributed by atoms with E-state index in [1.165, 1.54) is 6.92 Å². The summed E-state index contributed by atoms with van der Waals surface area (Å²) in [4.78, 5) is 11.5. The van der Waals surface area contributed by atoms with E-state index in [2.05, 4.69) is 0 Å². The van der Waals surface area contributed by atoms with Crippen molar-refractivity contribution in [2.24, 2.45) is 0 Å². The summed E-state index contributed by atoms with van der Waals surface area (Å²) < 4.78 is 16.2. The fourth-order valence-electron chi connectivity index (χ4n) is 1.55. The monoisotopic (exact) mass is 266 g/mol. The van der Waals surface area contributed by atoms with E-state index in [4.69, 9.17) is 14.2 Å². The van der Waals surface area contributed by atoms with Crippen molar-refractivity contribution < 1.29 is 19.0 Å². The van der Waals surface area contributed by atoms with Crippen molar-refractivity contribution >= 4 is 5.78 Å². The van der Waals surface area contributed by atoms with Crippen LogP contribution in [0, 0.1) is 0 Å². The van der Waals surface area contributed by atoms with Gasteiger partial charge in [0.2, 0.25) is 0 Å². The van der Waals surface area contributed by atoms with Crippen LogP contribution in [0.3, 0.4) is 0 Å². The highest BCUT2D eigenvalue weighted by atomic mass is 16.5. The number of carbonyl (C=O) groups excluding carboxylic acids is 1. The second kappa shape index (κ2) is 6.57. The minimum absolute atomic E-state index is 0.0244. The lowest BCUT2D eigenvalue weighted by Crippen LogP contribution is -2.25. The molecule has 0 amide bonds. The third-order valence-electron chi connectivity index (χ3n) is 3.08. The maximum Gasteiger partial charge on any atom is 0.163 e. The molecule has 0 fully saturated rings. The zero-order valence-electron chi connectivity index (χ0n) is 12.3. The Morgan fingerprint density at radius 1 is 1.26 bits per heavy atom. The van der Waals surface area contributed by atoms with Crippen LogP contribution in [0.4, 0.5) is 0 Å². The van der Waals surface area contributed by atoms with E-state index < -0.39 is 0 Å². The highest BCUT2D eigenvalue weighted by Gasteiger charge is 2.17. The summed E-state index contributed by atoms with van der Waals surface area (Å²) in [7, 11) is 3.26. The molecule has 1 rings (SSSR count). The van der Waals surface area contributed by atoms with Crippen molar-refractivity contribution in [3.63, 3.8) is 0 Å². The molecule has 0 aliphatic rings. The molecular formula is C15H22O4. The third-order valence-corrected chi connectivity index (χ3v) is 3.08. The molecule has 0 heterocycles. The van der Waals surface area contributed by atoms with E-state index in [1.54, 1.807) is 32.4 Å². The van der Waals surface area contributed by atoms with Gasteiger partial charge in [0, 0.05) is 19.6 Å². The molecule has 0 unspecified atom stereocenters. The maximum absolute atomic E-state index is 11.5. The Bertz CT molecular complexity index is 438. The van der Waals surface area contributed by atoms with Crippen LogP contribution in [0.2, 0.25) is 0 Å². The van der Waals surface area contributed by atoms with Gasteiger partial charge in [-0.25, -0.2) is 0 Å². The second-order valence-corrected chi connectivity index (χ2v) is 4.98. The summed E-state index contributed by atoms with van der Waals surface area (Å²) in [6.45, 7) is 5.99. The van der Waals surface area contributed by atoms with Gasteiger partial charge in [0.15, 0.2) is 5.78 Å². The Balaban J connectivity index is 2.78. The molecule has 0 aliphatic carbocycles. The second-order valence-electron chi connectivity index (χ2n) is 4.98. The Kier molecular flexibility index (Phi) is 5.36. The Morgan fingerprint density at radius 2 is 1.95 bits per heavy atom. The third kappa shape index (κ3) is 4.56. The van der Waals surface area contributed by atoms with Crippen molar-refractivity contribution in [3.8, 4) is 11.5 Å². The van der Waals surface area contributed by atoms with Crippen molar-refractivity contribution in [1.82, 2.24) is 0 Å². The van der Waals surface area contributed by atoms with Crippen LogP contribution in [0.1, 0.15) is 37.6 Å². The largest absolute Gasteiger partial charge is 0.497 e. The van der Waals surface area contributed by atoms with Gasteiger partial charge in [-0.1, -0.05) is 0 Å². The fraction of sp³-hybridized carbons (Fsp3) is 0.533. The first-order chi connectivity index (χ1) is 8.89. The first-order valence-electron chi connectivity index (χ1n) is 6.26. The predicted molar refractivity (Wildman–Crippen MR) is 74.2 cm³/mol. The number of carbonyl (C=O) groups is 1. The van der Waals surface area contributed by atoms with E-state index in [-0.39, 0.29) is 11.4 Å². The zero-order valence-corrected chi connectivity index (χ0v) is 12.3. The normalized spacial score (nSPS) is 11.2. The van der Waals surface area contributed by atoms with Crippen LogP contribution < -0.4 is 9.47 Å². The first-order valence-corrected chi connectivity index (χ1v) is 6.26. The van der Waals surface area contributed by atoms with E-state index in [0.717, 1.165) is 6.42 Å². The average molecular weight is 266 g/mol. The van der Waals surface area contributed by atoms with Crippen LogP contribution in [-0.4, -0.2) is 32.2 Å². The minimum Gasteiger partial charge on any atom is -0.497 e. The Hall–Kier alpha value is -1.55. The fourth-order valence-corrected chi connectivity index (χ4v) is 1.55. The average Bonchev–Trinajstić information content (AvgIpc) is 2.38. The standard InChI is InChI=1S/C15H22O4/c1-11(16)13-7-6-12(17-4)10-14(13)19-9-8-15(2,3)18-5/h6-7,10H,8-9H2,1-5H3. The van der Waals surface area contributed by atoms with Crippen molar-refractivity contribution in [2.45, 2.75) is 32.8 Å². The SMILES string of the molecule is COc1ccc(C(C)=O)c(OCCC(C)(C)OC)c1. The molecule has 1 aromatic carbocycles. The number of Topliss-reactive ketones (excluding diaryl/α,β-unsaturated/α-hetero) is 1. The molecule has 0 bridgehead atoms. The van der Waals surface area contributed by atoms with Gasteiger partial charge >= 0.3 is 0 Å². The molecule has 0 atom stereocenters. The molecule has 19 heavy (non-hydrogen) atoms. The highest BCUT2D eigenvalue weighted by molar-refractivity contribution is 5.97. The lowest BCUT2D eigenvalue weighted by molar-refractivity contribution is 0.00540. The predicted octanol–water partition coefficient (Wildman–Crippen LogP) is 3.09. The topological polar surface area (TPSA) is 44.8 Å². The molecule has 4 nitrogen and oxygen atoms in total. The molecule has 0 N–H and O–H groups in total. The van der Waals surface area contributed by atoms with E-state index in [1.807, 2.05) is 13.8 Å². The van der Waals surface area contributed by atoms with E-state index >= 15 is 0 Å². The number of ketones is 1. The smallest absolute Gasteiger partial charge is 0.163 e. The molecule has 0 saturated heterocycles. The molecular weight excluding hydrogens is 244 g/mol. The number of rotatable bonds is 7. The van der Waals surface area contributed by atoms with Crippen molar-refractivity contribution in [1.29, 1.82) is 0 Å². The lowest BCUT2D eigenvalue weighted by atomic mass is 10.1. The molecule has 0 aromatic heterocycles. The van der Waals surface area contributed by atoms with E-state index in [9.17, 15) is 4.79 Å². The van der Waals surface area contributed by atoms with Gasteiger partial charge in [-0.15, -0.1) is 0 Å². The van der Waals surface area contributed by atoms with Crippen molar-refractivity contribution in [2.75, 3.05) is 20.8 Å². The number of benzene rings is 1. The van der Waals surface area contributed by atoms with Crippen LogP contribution >= 0.6 is 0 Å². The summed E-state index contributed by atoms with van der Waals surface area (Å²) in [6.07, 6.45) is 0.734. The van der Waals surface area contributed by atoms with Gasteiger partial charge in [0.1, 0.15) is 11.5 Å². The van der Waals surface area contributed by atoms with Gasteiger partial charge in [-0.2, -0.15) is 0 Å². The first kappa shape index (κ1) is 15.5. The highest BCUT2D eigenvalue weighted by Crippen LogP contribution is 2.26. The number of ether oxygens (including phenoxy) is 3. The van der Waals surface area contributed by atoms with E-state index in [0.29, 0.717) is 23.7 Å². The maximum atomic E-state index is 11.5. The molecule has 0 radical (unpaired) electrons. The van der Waals surface area contributed by atoms with Gasteiger partial charge in [0.25, 0.3) is 0 Å². The summed E-state index contributed by atoms with van der Waals surface area (Å²) in [6, 6.07) is 5.21. The van der Waals surface area contributed by atoms with Crippen LogP contribution in [0.25, 0.3) is 0 Å². The van der Waals surface area contributed by atoms with Gasteiger partial charge < -0.3 is 14.2 Å². The summed E-state index contributed by atoms with van der Waals surface area (Å²) >= 11 is 0. The van der Waals surface area contributed by atoms with Crippen molar-refractivity contribution in [3.05, 3.63) is 23.8 Å². The summed E-state index contributed by atoms with van der Waals surface area (Å²) in [5.41, 5.74) is 0.325. The minimum atomic E-state index is -0.241. The Morgan fingerprint density at radius 3 is 2.47 bits per heavy atom. The number of methoxy groups -OCH3 is 2. The molecule has 0 aliphatic heterocycles. The van der Waals surface area contributed by atoms with Gasteiger partial charge in [-0.3, -0.25) is 4.79 Å². The number of hydrogen-bond acceptors (Lipinski definition) is 4. The molecule has 4 heteroatoms. The molecule has 0 spiro atoms. The van der Waals surface area contributed by atoms with Crippen LogP contribution in [-0.2, 0) is 4.74 Å². The zero-order chi connectivity index (χ0) is 14.5. The lowest BCUT2D eigenvalue weighted by Gasteiger charge is -2.23. The quantitative estimate of drug-likeness (QED) is 0.711. The number of hydrogen-bond donors (Lipinski definition) is 0. The molecule has 0 saturated carbocycles.